The number of hydrogen-bond donors (Lipinski definition) is 1. The first kappa shape index (κ1) is 20.3. The molecule has 1 heterocycles. The van der Waals surface area contributed by atoms with Gasteiger partial charge in [0.05, 0.1) is 6.42 Å². The van der Waals surface area contributed by atoms with Gasteiger partial charge in [-0.1, -0.05) is 18.2 Å². The zero-order valence-electron chi connectivity index (χ0n) is 16.6. The molecule has 4 nitrogen and oxygen atoms in total. The Morgan fingerprint density at radius 2 is 1.86 bits per heavy atom. The van der Waals surface area contributed by atoms with Crippen molar-refractivity contribution in [2.75, 3.05) is 19.7 Å². The van der Waals surface area contributed by atoms with Crippen molar-refractivity contribution in [3.8, 4) is 5.75 Å². The molecule has 1 amide bonds. The Morgan fingerprint density at radius 3 is 2.57 bits per heavy atom. The maximum atomic E-state index is 13.0. The third-order valence-corrected chi connectivity index (χ3v) is 5.52. The van der Waals surface area contributed by atoms with Gasteiger partial charge in [-0.05, 0) is 74.1 Å². The van der Waals surface area contributed by atoms with E-state index in [0.29, 0.717) is 25.9 Å². The number of nitrogens with zero attached hydrogens (tertiary/aromatic N) is 1. The second-order valence-corrected chi connectivity index (χ2v) is 7.80. The number of aliphatic hydroxyl groups is 1. The first-order valence-electron chi connectivity index (χ1n) is 9.79. The minimum atomic E-state index is -0.941. The van der Waals surface area contributed by atoms with Crippen LogP contribution in [-0.2, 0) is 11.2 Å². The van der Waals surface area contributed by atoms with Crippen LogP contribution in [0.3, 0.4) is 0 Å². The Kier molecular flexibility index (Phi) is 6.35. The van der Waals surface area contributed by atoms with Gasteiger partial charge in [0.2, 0.25) is 5.91 Å². The van der Waals surface area contributed by atoms with E-state index in [4.69, 9.17) is 4.74 Å². The summed E-state index contributed by atoms with van der Waals surface area (Å²) < 4.78 is 18.9. The smallest absolute Gasteiger partial charge is 0.226 e. The van der Waals surface area contributed by atoms with Crippen molar-refractivity contribution in [3.63, 3.8) is 0 Å². The van der Waals surface area contributed by atoms with Crippen molar-refractivity contribution in [2.45, 2.75) is 45.1 Å². The predicted molar refractivity (Wildman–Crippen MR) is 107 cm³/mol. The SMILES string of the molecule is Cc1ccc(OCC2(O)CCCN(C(=O)Cc3ccc(F)cc3)CC2)cc1C. The monoisotopic (exact) mass is 385 g/mol. The molecule has 0 saturated carbocycles. The summed E-state index contributed by atoms with van der Waals surface area (Å²) >= 11 is 0. The molecular weight excluding hydrogens is 357 g/mol. The molecule has 28 heavy (non-hydrogen) atoms. The molecule has 0 aliphatic carbocycles. The standard InChI is InChI=1S/C23H28FNO3/c1-17-4-9-21(14-18(17)2)28-16-23(27)10-3-12-25(13-11-23)22(26)15-19-5-7-20(24)8-6-19/h4-9,14,27H,3,10-13,15-16H2,1-2H3. The van der Waals surface area contributed by atoms with Gasteiger partial charge in [0.15, 0.2) is 0 Å². The molecule has 0 spiro atoms. The Labute approximate surface area is 165 Å². The summed E-state index contributed by atoms with van der Waals surface area (Å²) in [7, 11) is 0. The van der Waals surface area contributed by atoms with Crippen molar-refractivity contribution in [1.29, 1.82) is 0 Å². The first-order valence-corrected chi connectivity index (χ1v) is 9.79. The van der Waals surface area contributed by atoms with Crippen molar-refractivity contribution in [2.24, 2.45) is 0 Å². The Hall–Kier alpha value is -2.40. The Morgan fingerprint density at radius 1 is 1.11 bits per heavy atom. The van der Waals surface area contributed by atoms with E-state index in [9.17, 15) is 14.3 Å². The fraction of sp³-hybridized carbons (Fsp3) is 0.435. The molecule has 0 aromatic heterocycles. The number of amides is 1. The van der Waals surface area contributed by atoms with E-state index in [2.05, 4.69) is 6.92 Å². The number of rotatable bonds is 5. The highest BCUT2D eigenvalue weighted by Crippen LogP contribution is 2.25. The fourth-order valence-corrected chi connectivity index (χ4v) is 3.48. The van der Waals surface area contributed by atoms with Crippen molar-refractivity contribution < 1.29 is 19.0 Å². The van der Waals surface area contributed by atoms with Crippen LogP contribution in [0, 0.1) is 19.7 Å². The molecule has 1 aliphatic heterocycles. The fourth-order valence-electron chi connectivity index (χ4n) is 3.48. The summed E-state index contributed by atoms with van der Waals surface area (Å²) in [5.74, 6) is 0.454. The van der Waals surface area contributed by atoms with E-state index in [1.54, 1.807) is 17.0 Å². The maximum absolute atomic E-state index is 13.0. The van der Waals surface area contributed by atoms with Crippen molar-refractivity contribution >= 4 is 5.91 Å². The molecule has 1 atom stereocenters. The molecular formula is C23H28FNO3. The zero-order valence-corrected chi connectivity index (χ0v) is 16.6. The third kappa shape index (κ3) is 5.32. The van der Waals surface area contributed by atoms with E-state index in [-0.39, 0.29) is 24.8 Å². The molecule has 1 N–H and O–H groups in total. The van der Waals surface area contributed by atoms with Crippen LogP contribution in [-0.4, -0.2) is 41.2 Å². The maximum Gasteiger partial charge on any atom is 0.226 e. The largest absolute Gasteiger partial charge is 0.491 e. The molecule has 3 rings (SSSR count). The van der Waals surface area contributed by atoms with Crippen LogP contribution >= 0.6 is 0 Å². The van der Waals surface area contributed by atoms with Gasteiger partial charge >= 0.3 is 0 Å². The van der Waals surface area contributed by atoms with Crippen LogP contribution in [0.25, 0.3) is 0 Å². The molecule has 150 valence electrons. The van der Waals surface area contributed by atoms with Crippen molar-refractivity contribution in [1.82, 2.24) is 4.90 Å². The topological polar surface area (TPSA) is 49.8 Å². The summed E-state index contributed by atoms with van der Waals surface area (Å²) in [6.45, 7) is 5.41. The molecule has 5 heteroatoms. The highest BCUT2D eigenvalue weighted by Gasteiger charge is 2.32. The second-order valence-electron chi connectivity index (χ2n) is 7.80. The lowest BCUT2D eigenvalue weighted by Crippen LogP contribution is -2.38. The molecule has 1 unspecified atom stereocenters. The van der Waals surface area contributed by atoms with Crippen LogP contribution in [0.2, 0.25) is 0 Å². The highest BCUT2D eigenvalue weighted by atomic mass is 19.1. The normalized spacial score (nSPS) is 19.9. The molecule has 0 radical (unpaired) electrons. The van der Waals surface area contributed by atoms with E-state index < -0.39 is 5.60 Å². The number of carbonyl (C=O) groups is 1. The Bertz CT molecular complexity index is 821. The predicted octanol–water partition coefficient (Wildman–Crippen LogP) is 3.81. The van der Waals surface area contributed by atoms with E-state index in [0.717, 1.165) is 23.3 Å². The van der Waals surface area contributed by atoms with Crippen LogP contribution in [0.5, 0.6) is 5.75 Å². The summed E-state index contributed by atoms with van der Waals surface area (Å²) in [5, 5.41) is 11.0. The minimum Gasteiger partial charge on any atom is -0.491 e. The lowest BCUT2D eigenvalue weighted by molar-refractivity contribution is -0.130. The van der Waals surface area contributed by atoms with Gasteiger partial charge in [0.25, 0.3) is 0 Å². The van der Waals surface area contributed by atoms with Crippen LogP contribution in [0.4, 0.5) is 4.39 Å². The second kappa shape index (κ2) is 8.74. The first-order chi connectivity index (χ1) is 13.3. The molecule has 2 aromatic carbocycles. The lowest BCUT2D eigenvalue weighted by atomic mass is 9.96. The third-order valence-electron chi connectivity index (χ3n) is 5.52. The summed E-state index contributed by atoms with van der Waals surface area (Å²) in [5.41, 5.74) is 2.21. The summed E-state index contributed by atoms with van der Waals surface area (Å²) in [4.78, 5) is 14.4. The molecule has 1 fully saturated rings. The number of aryl methyl sites for hydroxylation is 2. The van der Waals surface area contributed by atoms with E-state index >= 15 is 0 Å². The van der Waals surface area contributed by atoms with Gasteiger partial charge in [-0.3, -0.25) is 4.79 Å². The minimum absolute atomic E-state index is 0.00550. The van der Waals surface area contributed by atoms with Gasteiger partial charge < -0.3 is 14.7 Å². The lowest BCUT2D eigenvalue weighted by Gasteiger charge is -2.27. The number of hydrogen-bond acceptors (Lipinski definition) is 3. The van der Waals surface area contributed by atoms with Gasteiger partial charge in [-0.2, -0.15) is 0 Å². The quantitative estimate of drug-likeness (QED) is 0.852. The Balaban J connectivity index is 1.54. The van der Waals surface area contributed by atoms with E-state index in [1.165, 1.54) is 17.7 Å². The van der Waals surface area contributed by atoms with Crippen LogP contribution in [0.15, 0.2) is 42.5 Å². The van der Waals surface area contributed by atoms with E-state index in [1.807, 2.05) is 25.1 Å². The molecule has 1 aliphatic rings. The average molecular weight is 385 g/mol. The van der Waals surface area contributed by atoms with Gasteiger partial charge in [-0.25, -0.2) is 4.39 Å². The average Bonchev–Trinajstić information content (AvgIpc) is 2.87. The summed E-state index contributed by atoms with van der Waals surface area (Å²) in [6, 6.07) is 11.9. The van der Waals surface area contributed by atoms with Crippen LogP contribution in [0.1, 0.15) is 36.0 Å². The number of ether oxygens (including phenoxy) is 1. The molecule has 1 saturated heterocycles. The molecule has 0 bridgehead atoms. The van der Waals surface area contributed by atoms with Gasteiger partial charge in [-0.15, -0.1) is 0 Å². The number of halogens is 1. The summed E-state index contributed by atoms with van der Waals surface area (Å²) in [6.07, 6.45) is 2.05. The number of likely N-dealkylation sites (tertiary alicyclic amines) is 1. The zero-order chi connectivity index (χ0) is 20.1. The number of benzene rings is 2. The van der Waals surface area contributed by atoms with Crippen LogP contribution < -0.4 is 4.74 Å². The molecule has 2 aromatic rings. The highest BCUT2D eigenvalue weighted by molar-refractivity contribution is 5.78. The van der Waals surface area contributed by atoms with Gasteiger partial charge in [0, 0.05) is 13.1 Å². The number of carbonyl (C=O) groups excluding carboxylic acids is 1. The van der Waals surface area contributed by atoms with Crippen molar-refractivity contribution in [3.05, 3.63) is 65.0 Å². The van der Waals surface area contributed by atoms with Gasteiger partial charge in [0.1, 0.15) is 23.8 Å².